The molecule has 25 heavy (non-hydrogen) atoms. The fourth-order valence-corrected chi connectivity index (χ4v) is 4.75. The highest BCUT2D eigenvalue weighted by molar-refractivity contribution is 5.85. The third kappa shape index (κ3) is 2.89. The van der Waals surface area contributed by atoms with E-state index >= 15 is 0 Å². The lowest BCUT2D eigenvalue weighted by Gasteiger charge is -2.39. The van der Waals surface area contributed by atoms with Crippen LogP contribution in [-0.4, -0.2) is 85.1 Å². The van der Waals surface area contributed by atoms with E-state index in [9.17, 15) is 4.79 Å². The first-order chi connectivity index (χ1) is 12.0. The first kappa shape index (κ1) is 16.7. The highest BCUT2D eigenvalue weighted by atomic mass is 16.2. The Morgan fingerprint density at radius 1 is 1.20 bits per heavy atom. The second-order valence-corrected chi connectivity index (χ2v) is 7.91. The number of amides is 1. The van der Waals surface area contributed by atoms with Crippen LogP contribution in [0.2, 0.25) is 0 Å². The summed E-state index contributed by atoms with van der Waals surface area (Å²) in [5, 5.41) is 3.45. The monoisotopic (exact) mass is 344 g/mol. The molecule has 7 nitrogen and oxygen atoms in total. The number of nitrogens with one attached hydrogen (secondary N) is 1. The highest BCUT2D eigenvalue weighted by Crippen LogP contribution is 2.40. The number of carbonyl (C=O) groups excluding carboxylic acids is 1. The highest BCUT2D eigenvalue weighted by Gasteiger charge is 2.55. The van der Waals surface area contributed by atoms with Gasteiger partial charge in [-0.15, -0.1) is 0 Å². The van der Waals surface area contributed by atoms with Crippen molar-refractivity contribution in [1.82, 2.24) is 25.1 Å². The average Bonchev–Trinajstić information content (AvgIpc) is 3.10. The smallest absolute Gasteiger partial charge is 0.231 e. The molecule has 3 fully saturated rings. The van der Waals surface area contributed by atoms with Crippen molar-refractivity contribution in [3.8, 4) is 0 Å². The average molecular weight is 344 g/mol. The second kappa shape index (κ2) is 6.21. The Kier molecular flexibility index (Phi) is 4.16. The third-order valence-electron chi connectivity index (χ3n) is 5.94. The van der Waals surface area contributed by atoms with Crippen LogP contribution >= 0.6 is 0 Å². The van der Waals surface area contributed by atoms with Gasteiger partial charge in [0.05, 0.1) is 5.41 Å². The summed E-state index contributed by atoms with van der Waals surface area (Å²) >= 11 is 0. The first-order valence-corrected chi connectivity index (χ1v) is 9.24. The standard InChI is InChI=1S/C18H28N6O/c1-13-8-14(2)21-17(20-13)24-6-4-23(5-7-24)16(25)18-11-19-9-15(18)10-22(3)12-18/h8,15,19H,4-7,9-12H2,1-3H3/t15-,18-/m1/s1. The van der Waals surface area contributed by atoms with E-state index in [1.165, 1.54) is 0 Å². The van der Waals surface area contributed by atoms with Gasteiger partial charge in [-0.3, -0.25) is 4.79 Å². The van der Waals surface area contributed by atoms with Gasteiger partial charge in [0.2, 0.25) is 11.9 Å². The molecule has 0 bridgehead atoms. The van der Waals surface area contributed by atoms with E-state index in [1.807, 2.05) is 19.9 Å². The van der Waals surface area contributed by atoms with Gasteiger partial charge < -0.3 is 20.0 Å². The van der Waals surface area contributed by atoms with Gasteiger partial charge in [-0.05, 0) is 27.0 Å². The molecule has 0 spiro atoms. The maximum atomic E-state index is 13.3. The van der Waals surface area contributed by atoms with Crippen LogP contribution in [-0.2, 0) is 4.79 Å². The van der Waals surface area contributed by atoms with E-state index in [4.69, 9.17) is 0 Å². The molecule has 3 aliphatic rings. The van der Waals surface area contributed by atoms with Crippen molar-refractivity contribution in [1.29, 1.82) is 0 Å². The quantitative estimate of drug-likeness (QED) is 0.808. The van der Waals surface area contributed by atoms with Crippen LogP contribution in [0.1, 0.15) is 11.4 Å². The van der Waals surface area contributed by atoms with Crippen LogP contribution in [0.4, 0.5) is 5.95 Å². The molecule has 0 saturated carbocycles. The molecular weight excluding hydrogens is 316 g/mol. The normalized spacial score (nSPS) is 30.0. The summed E-state index contributed by atoms with van der Waals surface area (Å²) in [5.41, 5.74) is 1.77. The van der Waals surface area contributed by atoms with E-state index < -0.39 is 0 Å². The summed E-state index contributed by atoms with van der Waals surface area (Å²) in [6.07, 6.45) is 0. The molecule has 1 amide bonds. The lowest BCUT2D eigenvalue weighted by Crippen LogP contribution is -2.56. The van der Waals surface area contributed by atoms with Crippen molar-refractivity contribution < 1.29 is 4.79 Å². The number of hydrogen-bond acceptors (Lipinski definition) is 6. The van der Waals surface area contributed by atoms with E-state index in [1.54, 1.807) is 0 Å². The van der Waals surface area contributed by atoms with Crippen LogP contribution in [0.5, 0.6) is 0 Å². The summed E-state index contributed by atoms with van der Waals surface area (Å²) in [5.74, 6) is 1.59. The minimum absolute atomic E-state index is 0.215. The maximum Gasteiger partial charge on any atom is 0.231 e. The topological polar surface area (TPSA) is 64.6 Å². The van der Waals surface area contributed by atoms with Gasteiger partial charge in [0.15, 0.2) is 0 Å². The molecule has 4 rings (SSSR count). The van der Waals surface area contributed by atoms with Crippen molar-refractivity contribution in [2.75, 3.05) is 64.3 Å². The van der Waals surface area contributed by atoms with Crippen LogP contribution < -0.4 is 10.2 Å². The summed E-state index contributed by atoms with van der Waals surface area (Å²) in [6, 6.07) is 1.99. The number of aromatic nitrogens is 2. The predicted octanol–water partition coefficient (Wildman–Crippen LogP) is -0.107. The van der Waals surface area contributed by atoms with Crippen LogP contribution in [0.25, 0.3) is 0 Å². The zero-order chi connectivity index (χ0) is 17.6. The molecule has 4 heterocycles. The van der Waals surface area contributed by atoms with Gasteiger partial charge in [-0.1, -0.05) is 0 Å². The van der Waals surface area contributed by atoms with E-state index in [2.05, 4.69) is 37.0 Å². The Hall–Kier alpha value is -1.73. The largest absolute Gasteiger partial charge is 0.339 e. The third-order valence-corrected chi connectivity index (χ3v) is 5.94. The number of fused-ring (bicyclic) bond motifs is 1. The second-order valence-electron chi connectivity index (χ2n) is 7.91. The van der Waals surface area contributed by atoms with E-state index in [0.29, 0.717) is 11.8 Å². The van der Waals surface area contributed by atoms with Crippen molar-refractivity contribution in [2.45, 2.75) is 13.8 Å². The Morgan fingerprint density at radius 3 is 2.56 bits per heavy atom. The van der Waals surface area contributed by atoms with E-state index in [-0.39, 0.29) is 5.41 Å². The Bertz CT molecular complexity index is 651. The van der Waals surface area contributed by atoms with Gasteiger partial charge in [-0.2, -0.15) is 0 Å². The summed E-state index contributed by atoms with van der Waals surface area (Å²) < 4.78 is 0. The lowest BCUT2D eigenvalue weighted by molar-refractivity contribution is -0.142. The number of piperazine rings is 1. The summed E-state index contributed by atoms with van der Waals surface area (Å²) in [6.45, 7) is 10.8. The van der Waals surface area contributed by atoms with Crippen LogP contribution in [0.15, 0.2) is 6.07 Å². The molecule has 1 N–H and O–H groups in total. The summed E-state index contributed by atoms with van der Waals surface area (Å²) in [7, 11) is 2.13. The first-order valence-electron chi connectivity index (χ1n) is 9.24. The molecule has 7 heteroatoms. The zero-order valence-electron chi connectivity index (χ0n) is 15.5. The molecule has 0 aromatic carbocycles. The minimum Gasteiger partial charge on any atom is -0.339 e. The minimum atomic E-state index is -0.215. The van der Waals surface area contributed by atoms with Gasteiger partial charge >= 0.3 is 0 Å². The van der Waals surface area contributed by atoms with Crippen LogP contribution in [0.3, 0.4) is 0 Å². The maximum absolute atomic E-state index is 13.3. The zero-order valence-corrected chi connectivity index (χ0v) is 15.5. The van der Waals surface area contributed by atoms with Crippen molar-refractivity contribution in [3.63, 3.8) is 0 Å². The van der Waals surface area contributed by atoms with E-state index in [0.717, 1.165) is 69.7 Å². The number of likely N-dealkylation sites (tertiary alicyclic amines) is 1. The molecule has 2 atom stereocenters. The number of hydrogen-bond donors (Lipinski definition) is 1. The number of aryl methyl sites for hydroxylation is 2. The molecule has 136 valence electrons. The summed E-state index contributed by atoms with van der Waals surface area (Å²) in [4.78, 5) is 29.0. The Balaban J connectivity index is 1.44. The SMILES string of the molecule is Cc1cc(C)nc(N2CCN(C(=O)[C@@]34CNC[C@@H]3CN(C)C4)CC2)n1. The van der Waals surface area contributed by atoms with Gasteiger partial charge in [0, 0.05) is 69.7 Å². The molecule has 3 aliphatic heterocycles. The van der Waals surface area contributed by atoms with Gasteiger partial charge in [-0.25, -0.2) is 9.97 Å². The predicted molar refractivity (Wildman–Crippen MR) is 96.6 cm³/mol. The van der Waals surface area contributed by atoms with Gasteiger partial charge in [0.1, 0.15) is 0 Å². The molecule has 0 radical (unpaired) electrons. The number of nitrogens with zero attached hydrogens (tertiary/aromatic N) is 5. The fourth-order valence-electron chi connectivity index (χ4n) is 4.75. The lowest BCUT2D eigenvalue weighted by atomic mass is 9.79. The number of rotatable bonds is 2. The van der Waals surface area contributed by atoms with Gasteiger partial charge in [0.25, 0.3) is 0 Å². The van der Waals surface area contributed by atoms with Crippen LogP contribution in [0, 0.1) is 25.2 Å². The Labute approximate surface area is 149 Å². The van der Waals surface area contributed by atoms with Crippen molar-refractivity contribution in [2.24, 2.45) is 11.3 Å². The molecule has 0 unspecified atom stereocenters. The molecule has 1 aromatic rings. The molecule has 3 saturated heterocycles. The Morgan fingerprint density at radius 2 is 1.88 bits per heavy atom. The molecular formula is C18H28N6O. The number of carbonyl (C=O) groups is 1. The fraction of sp³-hybridized carbons (Fsp3) is 0.722. The number of anilines is 1. The van der Waals surface area contributed by atoms with Crippen molar-refractivity contribution >= 4 is 11.9 Å². The molecule has 1 aromatic heterocycles. The van der Waals surface area contributed by atoms with Crippen molar-refractivity contribution in [3.05, 3.63) is 17.5 Å². The molecule has 0 aliphatic carbocycles.